The van der Waals surface area contributed by atoms with Gasteiger partial charge in [0.25, 0.3) is 0 Å². The summed E-state index contributed by atoms with van der Waals surface area (Å²) in [6.07, 6.45) is 0. The van der Waals surface area contributed by atoms with Crippen molar-refractivity contribution >= 4 is 41.4 Å². The number of nitrogens with two attached hydrogens (primary N) is 2. The number of carbonyl (C=O) groups excluding carboxylic acids is 1. The summed E-state index contributed by atoms with van der Waals surface area (Å²) in [7, 11) is 0. The Morgan fingerprint density at radius 2 is 1.25 bits per heavy atom. The van der Waals surface area contributed by atoms with Gasteiger partial charge in [0.1, 0.15) is 0 Å². The van der Waals surface area contributed by atoms with Gasteiger partial charge in [-0.1, -0.05) is 0 Å². The first-order chi connectivity index (χ1) is 3.46. The number of rotatable bonds is 0. The average molecular weight is 180 g/mol. The minimum Gasteiger partial charge on any atom is -0.352 e. The molecule has 0 saturated heterocycles. The first-order valence-electron chi connectivity index (χ1n) is 1.29. The maximum Gasteiger partial charge on any atom is 0.309 e. The lowest BCUT2D eigenvalue weighted by Gasteiger charge is -1.74. The monoisotopic (exact) mass is 179 g/mol. The molecule has 0 radical (unpaired) electrons. The fourth-order valence-electron chi connectivity index (χ4n) is 0. The van der Waals surface area contributed by atoms with Crippen molar-refractivity contribution in [3.63, 3.8) is 0 Å². The van der Waals surface area contributed by atoms with E-state index in [1.165, 1.54) is 0 Å². The first kappa shape index (κ1) is 11.0. The molecule has 0 heterocycles. The van der Waals surface area contributed by atoms with Crippen LogP contribution in [-0.2, 0) is 0 Å². The van der Waals surface area contributed by atoms with Crippen molar-refractivity contribution in [1.29, 1.82) is 0 Å². The molecule has 0 atom stereocenters. The van der Waals surface area contributed by atoms with Crippen molar-refractivity contribution in [1.82, 2.24) is 3.46 Å². The fraction of sp³-hybridized carbons (Fsp3) is 0. The molecule has 7 heteroatoms. The number of nitrogens with zero attached hydrogens (tertiary/aromatic N) is 1. The third-order valence-corrected chi connectivity index (χ3v) is 0. The molecule has 0 spiro atoms. The number of carbonyl (C=O) groups is 1. The Bertz CT molecular complexity index is 58.8. The van der Waals surface area contributed by atoms with Crippen molar-refractivity contribution in [2.45, 2.75) is 0 Å². The Kier molecular flexibility index (Phi) is 9.74. The van der Waals surface area contributed by atoms with Crippen LogP contribution in [0.25, 0.3) is 0 Å². The predicted octanol–water partition coefficient (Wildman–Crippen LogP) is 0.774. The summed E-state index contributed by atoms with van der Waals surface area (Å²) >= 11 is 13.9. The summed E-state index contributed by atoms with van der Waals surface area (Å²) in [6, 6.07) is -0.833. The molecule has 0 unspecified atom stereocenters. The molecule has 0 aromatic carbocycles. The van der Waals surface area contributed by atoms with Crippen LogP contribution in [-0.4, -0.2) is 9.49 Å². The maximum atomic E-state index is 9.00. The fourth-order valence-corrected chi connectivity index (χ4v) is 0. The van der Waals surface area contributed by atoms with E-state index >= 15 is 0 Å². The number of primary amides is 2. The molecule has 4 nitrogen and oxygen atoms in total. The molecule has 0 aliphatic heterocycles. The van der Waals surface area contributed by atoms with Crippen LogP contribution >= 0.6 is 35.3 Å². The summed E-state index contributed by atoms with van der Waals surface area (Å²) in [6.45, 7) is 0. The summed E-state index contributed by atoms with van der Waals surface area (Å²) < 4.78 is 0.417. The smallest absolute Gasteiger partial charge is 0.309 e. The van der Waals surface area contributed by atoms with Crippen molar-refractivity contribution in [2.24, 2.45) is 11.5 Å². The Morgan fingerprint density at radius 3 is 1.25 bits per heavy atom. The third-order valence-electron chi connectivity index (χ3n) is 0. The molecular weight excluding hydrogens is 176 g/mol. The highest BCUT2D eigenvalue weighted by molar-refractivity contribution is 6.50. The van der Waals surface area contributed by atoms with Gasteiger partial charge in [0.2, 0.25) is 0 Å². The second-order valence-corrected chi connectivity index (χ2v) is 2.13. The molecule has 0 aromatic rings. The molecule has 0 aromatic heterocycles. The standard InChI is InChI=1S/CH4N2O.Cl3N/c2-1(3)4;1-4(2)3/h(H4,2,3,4);. The Hall–Kier alpha value is 0.1000. The molecule has 0 saturated carbocycles. The van der Waals surface area contributed by atoms with E-state index in [1.807, 2.05) is 0 Å². The van der Waals surface area contributed by atoms with E-state index in [1.54, 1.807) is 0 Å². The minimum atomic E-state index is -0.833. The highest BCUT2D eigenvalue weighted by Gasteiger charge is 1.72. The molecule has 0 fully saturated rings. The van der Waals surface area contributed by atoms with E-state index in [-0.39, 0.29) is 0 Å². The SMILES string of the molecule is ClN(Cl)Cl.NC(N)=O. The van der Waals surface area contributed by atoms with E-state index in [4.69, 9.17) is 4.79 Å². The van der Waals surface area contributed by atoms with Gasteiger partial charge in [0.05, 0.1) is 0 Å². The lowest BCUT2D eigenvalue weighted by atomic mass is 11.2. The van der Waals surface area contributed by atoms with Gasteiger partial charge in [-0.15, -0.1) is 0 Å². The molecule has 0 aliphatic carbocycles. The molecular formula is CH4Cl3N3O. The van der Waals surface area contributed by atoms with E-state index < -0.39 is 6.03 Å². The van der Waals surface area contributed by atoms with Crippen LogP contribution in [0.3, 0.4) is 0 Å². The highest BCUT2D eigenvalue weighted by Crippen LogP contribution is 1.99. The molecule has 2 amide bonds. The van der Waals surface area contributed by atoms with Gasteiger partial charge in [-0.3, -0.25) is 0 Å². The number of hydrogen-bond acceptors (Lipinski definition) is 2. The normalized spacial score (nSPS) is 7.50. The summed E-state index contributed by atoms with van der Waals surface area (Å²) in [4.78, 5) is 9.00. The number of hydrogen-bond donors (Lipinski definition) is 2. The Balaban J connectivity index is 0. The summed E-state index contributed by atoms with van der Waals surface area (Å²) in [5.74, 6) is 0. The third kappa shape index (κ3) is 15900. The molecule has 50 valence electrons. The topological polar surface area (TPSA) is 72.3 Å². The van der Waals surface area contributed by atoms with Gasteiger partial charge in [0, 0.05) is 35.3 Å². The maximum absolute atomic E-state index is 9.00. The van der Waals surface area contributed by atoms with Crippen LogP contribution < -0.4 is 11.5 Å². The zero-order chi connectivity index (χ0) is 7.15. The minimum absolute atomic E-state index is 0.417. The van der Waals surface area contributed by atoms with Gasteiger partial charge in [0.15, 0.2) is 0 Å². The molecule has 0 rings (SSSR count). The van der Waals surface area contributed by atoms with E-state index in [0.29, 0.717) is 3.46 Å². The second kappa shape index (κ2) is 7.10. The van der Waals surface area contributed by atoms with Crippen molar-refractivity contribution < 1.29 is 4.79 Å². The van der Waals surface area contributed by atoms with Crippen molar-refractivity contribution in [3.8, 4) is 0 Å². The van der Waals surface area contributed by atoms with Crippen LogP contribution in [0.2, 0.25) is 0 Å². The summed E-state index contributed by atoms with van der Waals surface area (Å²) in [5.41, 5.74) is 8.50. The number of urea groups is 1. The van der Waals surface area contributed by atoms with Gasteiger partial charge < -0.3 is 11.5 Å². The predicted molar refractivity (Wildman–Crippen MR) is 33.2 cm³/mol. The van der Waals surface area contributed by atoms with Gasteiger partial charge >= 0.3 is 6.03 Å². The quantitative estimate of drug-likeness (QED) is 0.541. The zero-order valence-electron chi connectivity index (χ0n) is 3.64. The van der Waals surface area contributed by atoms with Crippen LogP contribution in [0.1, 0.15) is 0 Å². The molecule has 4 N–H and O–H groups in total. The van der Waals surface area contributed by atoms with Crippen LogP contribution in [0, 0.1) is 0 Å². The van der Waals surface area contributed by atoms with E-state index in [9.17, 15) is 0 Å². The number of amides is 2. The van der Waals surface area contributed by atoms with Crippen molar-refractivity contribution in [3.05, 3.63) is 0 Å². The van der Waals surface area contributed by atoms with E-state index in [2.05, 4.69) is 46.8 Å². The lowest BCUT2D eigenvalue weighted by molar-refractivity contribution is 0.256. The van der Waals surface area contributed by atoms with Crippen LogP contribution in [0.4, 0.5) is 4.79 Å². The lowest BCUT2D eigenvalue weighted by Crippen LogP contribution is -2.18. The van der Waals surface area contributed by atoms with Crippen LogP contribution in [0.15, 0.2) is 0 Å². The van der Waals surface area contributed by atoms with Gasteiger partial charge in [-0.05, 0) is 3.46 Å². The molecule has 8 heavy (non-hydrogen) atoms. The Morgan fingerprint density at radius 1 is 1.25 bits per heavy atom. The Labute approximate surface area is 61.6 Å². The largest absolute Gasteiger partial charge is 0.352 e. The number of halogens is 3. The second-order valence-electron chi connectivity index (χ2n) is 0.594. The van der Waals surface area contributed by atoms with Crippen molar-refractivity contribution in [2.75, 3.05) is 0 Å². The first-order valence-corrected chi connectivity index (χ1v) is 2.30. The van der Waals surface area contributed by atoms with Gasteiger partial charge in [-0.25, -0.2) is 4.79 Å². The zero-order valence-corrected chi connectivity index (χ0v) is 5.91. The van der Waals surface area contributed by atoms with Crippen LogP contribution in [0.5, 0.6) is 0 Å². The van der Waals surface area contributed by atoms with Gasteiger partial charge in [-0.2, -0.15) is 0 Å². The average Bonchev–Trinajstić information content (AvgIpc) is 1.25. The molecule has 0 aliphatic rings. The summed E-state index contributed by atoms with van der Waals surface area (Å²) in [5, 5.41) is 0. The highest BCUT2D eigenvalue weighted by atomic mass is 35.6. The molecule has 0 bridgehead atoms. The van der Waals surface area contributed by atoms with E-state index in [0.717, 1.165) is 0 Å².